The molecule has 0 aliphatic rings. The van der Waals surface area contributed by atoms with Gasteiger partial charge in [0.05, 0.1) is 11.6 Å². The van der Waals surface area contributed by atoms with Crippen LogP contribution in [0.2, 0.25) is 0 Å². The Kier molecular flexibility index (Phi) is 3.38. The molecule has 2 aromatic rings. The summed E-state index contributed by atoms with van der Waals surface area (Å²) in [6, 6.07) is 4.87. The molecular formula is C12H12F3N3. The van der Waals surface area contributed by atoms with E-state index in [1.165, 1.54) is 18.3 Å². The molecule has 3 nitrogen and oxygen atoms in total. The average Bonchev–Trinajstić information content (AvgIpc) is 2.83. The molecule has 1 unspecified atom stereocenters. The number of alkyl halides is 3. The monoisotopic (exact) mass is 255 g/mol. The van der Waals surface area contributed by atoms with Gasteiger partial charge in [0.25, 0.3) is 0 Å². The summed E-state index contributed by atoms with van der Waals surface area (Å²) in [5.74, 6) is 0.453. The molecule has 0 amide bonds. The molecule has 2 rings (SSSR count). The number of aromatic amines is 1. The fourth-order valence-electron chi connectivity index (χ4n) is 1.88. The number of nitrogens with zero attached hydrogens (tertiary/aromatic N) is 1. The Balaban J connectivity index is 2.50. The smallest absolute Gasteiger partial charge is 0.347 e. The minimum absolute atomic E-state index is 0.155. The molecule has 0 saturated heterocycles. The maximum atomic E-state index is 12.9. The van der Waals surface area contributed by atoms with E-state index in [1.807, 2.05) is 0 Å². The second-order valence-electron chi connectivity index (χ2n) is 3.78. The molecule has 1 atom stereocenters. The fraction of sp³-hybridized carbons (Fsp3) is 0.250. The van der Waals surface area contributed by atoms with Gasteiger partial charge in [0, 0.05) is 12.4 Å². The van der Waals surface area contributed by atoms with Gasteiger partial charge in [-0.3, -0.25) is 0 Å². The van der Waals surface area contributed by atoms with Crippen LogP contribution in [0.4, 0.5) is 13.2 Å². The molecule has 1 heterocycles. The Morgan fingerprint density at radius 2 is 2.00 bits per heavy atom. The zero-order chi connectivity index (χ0) is 13.2. The lowest BCUT2D eigenvalue weighted by atomic mass is 9.99. The first-order valence-electron chi connectivity index (χ1n) is 5.36. The number of H-pyrrole nitrogens is 1. The van der Waals surface area contributed by atoms with E-state index in [0.717, 1.165) is 6.07 Å². The lowest BCUT2D eigenvalue weighted by molar-refractivity contribution is -0.138. The summed E-state index contributed by atoms with van der Waals surface area (Å²) in [7, 11) is 1.60. The van der Waals surface area contributed by atoms with Crippen molar-refractivity contribution in [3.63, 3.8) is 0 Å². The maximum absolute atomic E-state index is 12.9. The number of aromatic nitrogens is 2. The van der Waals surface area contributed by atoms with E-state index in [0.29, 0.717) is 5.82 Å². The number of nitrogens with one attached hydrogen (secondary N) is 2. The second-order valence-corrected chi connectivity index (χ2v) is 3.78. The van der Waals surface area contributed by atoms with Gasteiger partial charge in [-0.2, -0.15) is 13.2 Å². The van der Waals surface area contributed by atoms with Gasteiger partial charge in [-0.1, -0.05) is 18.2 Å². The van der Waals surface area contributed by atoms with E-state index in [4.69, 9.17) is 0 Å². The minimum atomic E-state index is -4.38. The lowest BCUT2D eigenvalue weighted by Crippen LogP contribution is -2.22. The van der Waals surface area contributed by atoms with Gasteiger partial charge in [-0.05, 0) is 18.7 Å². The Bertz CT molecular complexity index is 506. The predicted octanol–water partition coefficient (Wildman–Crippen LogP) is 2.74. The highest BCUT2D eigenvalue weighted by Gasteiger charge is 2.35. The van der Waals surface area contributed by atoms with Crippen molar-refractivity contribution in [2.45, 2.75) is 12.2 Å². The summed E-state index contributed by atoms with van der Waals surface area (Å²) in [6.45, 7) is 0. The van der Waals surface area contributed by atoms with E-state index < -0.39 is 17.8 Å². The van der Waals surface area contributed by atoms with Crippen molar-refractivity contribution in [1.29, 1.82) is 0 Å². The summed E-state index contributed by atoms with van der Waals surface area (Å²) >= 11 is 0. The molecule has 2 N–H and O–H groups in total. The molecule has 18 heavy (non-hydrogen) atoms. The van der Waals surface area contributed by atoms with Gasteiger partial charge >= 0.3 is 6.18 Å². The number of imidazole rings is 1. The molecule has 1 aromatic heterocycles. The topological polar surface area (TPSA) is 40.7 Å². The largest absolute Gasteiger partial charge is 0.416 e. The molecular weight excluding hydrogens is 243 g/mol. The molecule has 0 aliphatic carbocycles. The molecule has 0 saturated carbocycles. The Morgan fingerprint density at radius 1 is 1.28 bits per heavy atom. The van der Waals surface area contributed by atoms with Crippen LogP contribution in [-0.4, -0.2) is 17.0 Å². The van der Waals surface area contributed by atoms with Crippen molar-refractivity contribution >= 4 is 0 Å². The van der Waals surface area contributed by atoms with Crippen molar-refractivity contribution in [2.75, 3.05) is 7.05 Å². The minimum Gasteiger partial charge on any atom is -0.347 e. The van der Waals surface area contributed by atoms with Gasteiger partial charge in [-0.25, -0.2) is 4.98 Å². The molecule has 0 bridgehead atoms. The number of hydrogen-bond acceptors (Lipinski definition) is 2. The van der Waals surface area contributed by atoms with E-state index in [9.17, 15) is 13.2 Å². The zero-order valence-electron chi connectivity index (χ0n) is 9.62. The normalized spacial score (nSPS) is 13.6. The van der Waals surface area contributed by atoms with Crippen LogP contribution in [0.1, 0.15) is 23.0 Å². The van der Waals surface area contributed by atoms with Crippen molar-refractivity contribution in [3.8, 4) is 0 Å². The van der Waals surface area contributed by atoms with Gasteiger partial charge in [0.15, 0.2) is 0 Å². The Morgan fingerprint density at radius 3 is 2.56 bits per heavy atom. The number of benzene rings is 1. The molecule has 1 aromatic carbocycles. The van der Waals surface area contributed by atoms with Crippen molar-refractivity contribution in [2.24, 2.45) is 0 Å². The summed E-state index contributed by atoms with van der Waals surface area (Å²) < 4.78 is 38.8. The van der Waals surface area contributed by atoms with Crippen LogP contribution in [0.25, 0.3) is 0 Å². The fourth-order valence-corrected chi connectivity index (χ4v) is 1.88. The van der Waals surface area contributed by atoms with E-state index in [1.54, 1.807) is 19.3 Å². The number of hydrogen-bond donors (Lipinski definition) is 2. The standard InChI is InChI=1S/C12H12F3N3/c1-16-10(11-17-6-7-18-11)8-4-2-3-5-9(8)12(13,14)15/h2-7,10,16H,1H3,(H,17,18). The van der Waals surface area contributed by atoms with E-state index >= 15 is 0 Å². The highest BCUT2D eigenvalue weighted by atomic mass is 19.4. The molecule has 0 radical (unpaired) electrons. The van der Waals surface area contributed by atoms with Crippen LogP contribution in [-0.2, 0) is 6.18 Å². The summed E-state index contributed by atoms with van der Waals surface area (Å²) in [5, 5.41) is 2.84. The molecule has 96 valence electrons. The second kappa shape index (κ2) is 4.81. The van der Waals surface area contributed by atoms with Crippen LogP contribution in [0.15, 0.2) is 36.7 Å². The van der Waals surface area contributed by atoms with Gasteiger partial charge in [0.1, 0.15) is 5.82 Å². The van der Waals surface area contributed by atoms with Gasteiger partial charge in [0.2, 0.25) is 0 Å². The highest BCUT2D eigenvalue weighted by molar-refractivity contribution is 5.35. The Labute approximate surface area is 102 Å². The van der Waals surface area contributed by atoms with Gasteiger partial charge < -0.3 is 10.3 Å². The summed E-state index contributed by atoms with van der Waals surface area (Å²) in [5.41, 5.74) is -0.497. The molecule has 0 spiro atoms. The van der Waals surface area contributed by atoms with Crippen molar-refractivity contribution in [1.82, 2.24) is 15.3 Å². The van der Waals surface area contributed by atoms with Crippen molar-refractivity contribution in [3.05, 3.63) is 53.6 Å². The lowest BCUT2D eigenvalue weighted by Gasteiger charge is -2.19. The van der Waals surface area contributed by atoms with Crippen molar-refractivity contribution < 1.29 is 13.2 Å². The zero-order valence-corrected chi connectivity index (χ0v) is 9.62. The Hall–Kier alpha value is -1.82. The van der Waals surface area contributed by atoms with Crippen LogP contribution in [0.5, 0.6) is 0 Å². The first-order valence-corrected chi connectivity index (χ1v) is 5.36. The van der Waals surface area contributed by atoms with Crippen LogP contribution in [0.3, 0.4) is 0 Å². The quantitative estimate of drug-likeness (QED) is 0.885. The van der Waals surface area contributed by atoms with Crippen LogP contribution < -0.4 is 5.32 Å². The maximum Gasteiger partial charge on any atom is 0.416 e. The highest BCUT2D eigenvalue weighted by Crippen LogP contribution is 2.35. The molecule has 0 aliphatic heterocycles. The first kappa shape index (κ1) is 12.6. The van der Waals surface area contributed by atoms with E-state index in [-0.39, 0.29) is 5.56 Å². The molecule has 6 heteroatoms. The van der Waals surface area contributed by atoms with Crippen LogP contribution >= 0.6 is 0 Å². The predicted molar refractivity (Wildman–Crippen MR) is 60.9 cm³/mol. The average molecular weight is 255 g/mol. The van der Waals surface area contributed by atoms with Gasteiger partial charge in [-0.15, -0.1) is 0 Å². The molecule has 0 fully saturated rings. The van der Waals surface area contributed by atoms with E-state index in [2.05, 4.69) is 15.3 Å². The number of rotatable bonds is 3. The number of halogens is 3. The van der Waals surface area contributed by atoms with Crippen LogP contribution in [0, 0.1) is 0 Å². The summed E-state index contributed by atoms with van der Waals surface area (Å²) in [6.07, 6.45) is -1.29. The third kappa shape index (κ3) is 2.38. The third-order valence-electron chi connectivity index (χ3n) is 2.66. The summed E-state index contributed by atoms with van der Waals surface area (Å²) in [4.78, 5) is 6.83. The first-order chi connectivity index (χ1) is 8.54. The third-order valence-corrected chi connectivity index (χ3v) is 2.66. The SMILES string of the molecule is CNC(c1ncc[nH]1)c1ccccc1C(F)(F)F.